The molecule has 4 rings (SSSR count). The number of pyridine rings is 1. The third-order valence-electron chi connectivity index (χ3n) is 6.18. The van der Waals surface area contributed by atoms with E-state index in [9.17, 15) is 31.5 Å². The molecule has 2 N–H and O–H groups in total. The number of amides is 1. The lowest BCUT2D eigenvalue weighted by Crippen LogP contribution is -2.30. The fourth-order valence-corrected chi connectivity index (χ4v) is 4.82. The third-order valence-corrected chi connectivity index (χ3v) is 7.93. The predicted octanol–water partition coefficient (Wildman–Crippen LogP) is 5.09. The molecule has 3 aromatic carbocycles. The van der Waals surface area contributed by atoms with Crippen LogP contribution in [0, 0.1) is 0 Å². The molecule has 0 saturated carbocycles. The fraction of sp³-hybridized carbons (Fsp3) is 0.214. The minimum absolute atomic E-state index is 0.00454. The number of aromatic nitrogens is 1. The summed E-state index contributed by atoms with van der Waals surface area (Å²) in [6, 6.07) is 16.3. The van der Waals surface area contributed by atoms with Crippen LogP contribution >= 0.6 is 0 Å². The van der Waals surface area contributed by atoms with Gasteiger partial charge in [0.15, 0.2) is 9.84 Å². The summed E-state index contributed by atoms with van der Waals surface area (Å²) in [5, 5.41) is 14.0. The molecule has 1 heterocycles. The van der Waals surface area contributed by atoms with Gasteiger partial charge in [0, 0.05) is 17.1 Å². The molecule has 0 spiro atoms. The molecule has 0 bridgehead atoms. The van der Waals surface area contributed by atoms with Crippen LogP contribution in [-0.4, -0.2) is 36.8 Å². The predicted molar refractivity (Wildman–Crippen MR) is 139 cm³/mol. The number of carbonyl (C=O) groups excluding carboxylic acids is 1. The molecule has 0 aliphatic heterocycles. The normalized spacial score (nSPS) is 12.7. The second-order valence-electron chi connectivity index (χ2n) is 8.69. The van der Waals surface area contributed by atoms with Crippen molar-refractivity contribution in [2.75, 3.05) is 12.4 Å². The number of hydrogen-bond donors (Lipinski definition) is 2. The molecule has 1 aromatic heterocycles. The summed E-state index contributed by atoms with van der Waals surface area (Å²) in [4.78, 5) is 17.4. The molecule has 0 saturated heterocycles. The summed E-state index contributed by atoms with van der Waals surface area (Å²) in [7, 11) is -3.37. The van der Waals surface area contributed by atoms with E-state index in [1.54, 1.807) is 43.3 Å². The van der Waals surface area contributed by atoms with Gasteiger partial charge >= 0.3 is 6.18 Å². The number of nitrogens with one attached hydrogen (secondary N) is 1. The first-order valence-electron chi connectivity index (χ1n) is 11.9. The molecule has 0 aliphatic carbocycles. The van der Waals surface area contributed by atoms with Gasteiger partial charge in [-0.3, -0.25) is 9.78 Å². The SMILES string of the molecule is CCS(=O)(=O)c1ccc(C(CO)NC(=O)c2ccc3c(COc4ccc(C(F)(F)F)cc4)nccc3c2)cc1. The van der Waals surface area contributed by atoms with Crippen LogP contribution in [0.4, 0.5) is 13.2 Å². The number of hydrogen-bond acceptors (Lipinski definition) is 6. The van der Waals surface area contributed by atoms with Crippen molar-refractivity contribution in [1.29, 1.82) is 0 Å². The zero-order valence-corrected chi connectivity index (χ0v) is 21.6. The van der Waals surface area contributed by atoms with Crippen molar-refractivity contribution in [3.8, 4) is 5.75 Å². The van der Waals surface area contributed by atoms with E-state index >= 15 is 0 Å². The smallest absolute Gasteiger partial charge is 0.416 e. The highest BCUT2D eigenvalue weighted by atomic mass is 32.2. The number of aliphatic hydroxyl groups excluding tert-OH is 1. The van der Waals surface area contributed by atoms with Gasteiger partial charge in [0.25, 0.3) is 5.91 Å². The van der Waals surface area contributed by atoms with Crippen LogP contribution in [0.3, 0.4) is 0 Å². The number of sulfone groups is 1. The second-order valence-corrected chi connectivity index (χ2v) is 11.0. The zero-order valence-electron chi connectivity index (χ0n) is 20.8. The monoisotopic (exact) mass is 558 g/mol. The Balaban J connectivity index is 1.47. The van der Waals surface area contributed by atoms with Crippen LogP contribution in [0.15, 0.2) is 83.9 Å². The largest absolute Gasteiger partial charge is 0.487 e. The lowest BCUT2D eigenvalue weighted by molar-refractivity contribution is -0.137. The van der Waals surface area contributed by atoms with E-state index in [0.29, 0.717) is 27.6 Å². The van der Waals surface area contributed by atoms with Crippen molar-refractivity contribution in [2.24, 2.45) is 0 Å². The van der Waals surface area contributed by atoms with E-state index in [1.165, 1.54) is 30.5 Å². The molecule has 39 heavy (non-hydrogen) atoms. The first-order chi connectivity index (χ1) is 18.5. The molecular formula is C28H25F3N2O5S. The van der Waals surface area contributed by atoms with E-state index in [0.717, 1.165) is 12.1 Å². The van der Waals surface area contributed by atoms with Gasteiger partial charge in [-0.15, -0.1) is 0 Å². The average molecular weight is 559 g/mol. The fourth-order valence-electron chi connectivity index (χ4n) is 3.94. The number of nitrogens with zero attached hydrogens (tertiary/aromatic N) is 1. The molecule has 1 amide bonds. The first kappa shape index (κ1) is 28.1. The first-order valence-corrected chi connectivity index (χ1v) is 13.6. The number of carbonyl (C=O) groups is 1. The maximum atomic E-state index is 13.0. The quantitative estimate of drug-likeness (QED) is 0.297. The number of ether oxygens (including phenoxy) is 1. The third kappa shape index (κ3) is 6.55. The maximum absolute atomic E-state index is 13.0. The Morgan fingerprint density at radius 2 is 1.72 bits per heavy atom. The summed E-state index contributed by atoms with van der Waals surface area (Å²) in [6.07, 6.45) is -2.89. The molecular weight excluding hydrogens is 533 g/mol. The minimum atomic E-state index is -4.43. The summed E-state index contributed by atoms with van der Waals surface area (Å²) >= 11 is 0. The molecule has 4 aromatic rings. The zero-order chi connectivity index (χ0) is 28.2. The Morgan fingerprint density at radius 3 is 2.33 bits per heavy atom. The van der Waals surface area contributed by atoms with Gasteiger partial charge in [-0.25, -0.2) is 8.42 Å². The lowest BCUT2D eigenvalue weighted by atomic mass is 10.0. The Labute approximate surface area is 223 Å². The molecule has 0 fully saturated rings. The number of rotatable bonds is 9. The van der Waals surface area contributed by atoms with Crippen LogP contribution in [0.1, 0.15) is 40.1 Å². The van der Waals surface area contributed by atoms with Gasteiger partial charge in [0.05, 0.1) is 34.6 Å². The minimum Gasteiger partial charge on any atom is -0.487 e. The molecule has 11 heteroatoms. The van der Waals surface area contributed by atoms with Crippen molar-refractivity contribution < 1.29 is 36.2 Å². The number of benzene rings is 3. The number of fused-ring (bicyclic) bond motifs is 1. The maximum Gasteiger partial charge on any atom is 0.416 e. The molecule has 1 atom stereocenters. The van der Waals surface area contributed by atoms with Crippen molar-refractivity contribution >= 4 is 26.5 Å². The summed E-state index contributed by atoms with van der Waals surface area (Å²) in [5.74, 6) is -0.221. The van der Waals surface area contributed by atoms with E-state index in [4.69, 9.17) is 4.74 Å². The number of alkyl halides is 3. The van der Waals surface area contributed by atoms with E-state index < -0.39 is 40.1 Å². The topological polar surface area (TPSA) is 106 Å². The molecule has 1 unspecified atom stereocenters. The summed E-state index contributed by atoms with van der Waals surface area (Å²) < 4.78 is 68.0. The summed E-state index contributed by atoms with van der Waals surface area (Å²) in [5.41, 5.74) is 0.643. The number of aliphatic hydroxyl groups is 1. The van der Waals surface area contributed by atoms with Crippen LogP contribution in [-0.2, 0) is 22.6 Å². The van der Waals surface area contributed by atoms with Crippen LogP contribution < -0.4 is 10.1 Å². The molecule has 0 radical (unpaired) electrons. The van der Waals surface area contributed by atoms with Gasteiger partial charge in [0.2, 0.25) is 0 Å². The van der Waals surface area contributed by atoms with Gasteiger partial charge in [0.1, 0.15) is 12.4 Å². The summed E-state index contributed by atoms with van der Waals surface area (Å²) in [6.45, 7) is 1.16. The Hall–Kier alpha value is -3.96. The van der Waals surface area contributed by atoms with Crippen LogP contribution in [0.5, 0.6) is 5.75 Å². The molecule has 204 valence electrons. The second kappa shape index (κ2) is 11.4. The van der Waals surface area contributed by atoms with Gasteiger partial charge < -0.3 is 15.2 Å². The van der Waals surface area contributed by atoms with Crippen molar-refractivity contribution in [3.63, 3.8) is 0 Å². The average Bonchev–Trinajstić information content (AvgIpc) is 2.94. The van der Waals surface area contributed by atoms with Crippen LogP contribution in [0.25, 0.3) is 10.8 Å². The highest BCUT2D eigenvalue weighted by Gasteiger charge is 2.30. The van der Waals surface area contributed by atoms with Gasteiger partial charge in [-0.1, -0.05) is 25.1 Å². The van der Waals surface area contributed by atoms with Crippen molar-refractivity contribution in [3.05, 3.63) is 101 Å². The van der Waals surface area contributed by atoms with Gasteiger partial charge in [-0.2, -0.15) is 13.2 Å². The number of halogens is 3. The molecule has 0 aliphatic rings. The van der Waals surface area contributed by atoms with E-state index in [1.807, 2.05) is 0 Å². The molecule has 7 nitrogen and oxygen atoms in total. The Bertz CT molecular complexity index is 1570. The highest BCUT2D eigenvalue weighted by molar-refractivity contribution is 7.91. The van der Waals surface area contributed by atoms with Crippen LogP contribution in [0.2, 0.25) is 0 Å². The van der Waals surface area contributed by atoms with Crippen molar-refractivity contribution in [1.82, 2.24) is 10.3 Å². The Kier molecular flexibility index (Phi) is 8.22. The highest BCUT2D eigenvalue weighted by Crippen LogP contribution is 2.30. The standard InChI is InChI=1S/C28H25F3N2O5S/c1-2-39(36,37)23-10-3-18(4-11-23)25(16-34)33-27(35)20-5-12-24-19(15-20)13-14-32-26(24)17-38-22-8-6-21(7-9-22)28(29,30)31/h3-15,25,34H,2,16-17H2,1H3,(H,33,35). The van der Waals surface area contributed by atoms with E-state index in [2.05, 4.69) is 10.3 Å². The van der Waals surface area contributed by atoms with Crippen molar-refractivity contribution in [2.45, 2.75) is 30.6 Å². The van der Waals surface area contributed by atoms with E-state index in [-0.39, 0.29) is 23.0 Å². The Morgan fingerprint density at radius 1 is 1.03 bits per heavy atom. The lowest BCUT2D eigenvalue weighted by Gasteiger charge is -2.17. The van der Waals surface area contributed by atoms with Gasteiger partial charge in [-0.05, 0) is 65.5 Å².